The Labute approximate surface area is 152 Å². The Bertz CT molecular complexity index is 960. The summed E-state index contributed by atoms with van der Waals surface area (Å²) in [6.07, 6.45) is 2.80. The fraction of sp³-hybridized carbons (Fsp3) is 0.235. The van der Waals surface area contributed by atoms with E-state index in [0.29, 0.717) is 19.8 Å². The minimum Gasteiger partial charge on any atom is -0.468 e. The Balaban J connectivity index is 2.64. The molecule has 1 aromatic carbocycles. The van der Waals surface area contributed by atoms with Crippen LogP contribution in [0.3, 0.4) is 0 Å². The third kappa shape index (κ3) is 4.80. The van der Waals surface area contributed by atoms with Gasteiger partial charge < -0.3 is 9.47 Å². The second-order valence-electron chi connectivity index (χ2n) is 4.83. The first-order valence-corrected chi connectivity index (χ1v) is 8.57. The molecule has 2 aromatic rings. The van der Waals surface area contributed by atoms with Crippen LogP contribution in [0.5, 0.6) is 0 Å². The summed E-state index contributed by atoms with van der Waals surface area (Å²) in [5.74, 6) is -1.19. The van der Waals surface area contributed by atoms with Gasteiger partial charge in [-0.1, -0.05) is 29.8 Å². The minimum absolute atomic E-state index is 0.209. The fourth-order valence-electron chi connectivity index (χ4n) is 2.00. The van der Waals surface area contributed by atoms with Crippen molar-refractivity contribution in [2.24, 2.45) is 0 Å². The largest absolute Gasteiger partial charge is 0.468 e. The number of thiazole rings is 1. The monoisotopic (exact) mass is 381 g/mol. The van der Waals surface area contributed by atoms with Crippen LogP contribution in [0.1, 0.15) is 12.5 Å². The van der Waals surface area contributed by atoms with Gasteiger partial charge in [-0.15, -0.1) is 11.3 Å². The summed E-state index contributed by atoms with van der Waals surface area (Å²) >= 11 is 7.18. The second kappa shape index (κ2) is 8.64. The quantitative estimate of drug-likeness (QED) is 0.720. The van der Waals surface area contributed by atoms with Crippen molar-refractivity contribution in [2.75, 3.05) is 13.7 Å². The summed E-state index contributed by atoms with van der Waals surface area (Å²) in [4.78, 5) is 35.9. The summed E-state index contributed by atoms with van der Waals surface area (Å²) in [6, 6.07) is 7.05. The zero-order chi connectivity index (χ0) is 18.4. The van der Waals surface area contributed by atoms with Crippen molar-refractivity contribution in [3.05, 3.63) is 54.4 Å². The maximum absolute atomic E-state index is 12.6. The number of hydrogen-bond donors (Lipinski definition) is 0. The van der Waals surface area contributed by atoms with E-state index in [-0.39, 0.29) is 13.2 Å². The van der Waals surface area contributed by atoms with Gasteiger partial charge in [0.2, 0.25) is 0 Å². The van der Waals surface area contributed by atoms with Gasteiger partial charge in [-0.05, 0) is 24.6 Å². The number of methoxy groups -OCH3 is 1. The van der Waals surface area contributed by atoms with Crippen molar-refractivity contribution in [2.45, 2.75) is 13.5 Å². The van der Waals surface area contributed by atoms with E-state index in [9.17, 15) is 14.4 Å². The molecule has 132 valence electrons. The zero-order valence-electron chi connectivity index (χ0n) is 13.7. The summed E-state index contributed by atoms with van der Waals surface area (Å²) in [5.41, 5.74) is 0.251. The number of carbonyl (C=O) groups excluding carboxylic acids is 2. The van der Waals surface area contributed by atoms with Gasteiger partial charge in [-0.25, -0.2) is 4.79 Å². The van der Waals surface area contributed by atoms with Crippen molar-refractivity contribution in [1.29, 1.82) is 0 Å². The number of nitrogens with zero attached hydrogens (tertiary/aromatic N) is 1. The molecule has 0 aliphatic rings. The van der Waals surface area contributed by atoms with Gasteiger partial charge in [0.15, 0.2) is 0 Å². The molecule has 1 aromatic heterocycles. The third-order valence-corrected chi connectivity index (χ3v) is 4.58. The van der Waals surface area contributed by atoms with Crippen LogP contribution < -0.4 is 14.8 Å². The van der Waals surface area contributed by atoms with Gasteiger partial charge in [0.05, 0.1) is 24.3 Å². The number of hydrogen-bond acceptors (Lipinski definition) is 6. The Morgan fingerprint density at radius 2 is 2.04 bits per heavy atom. The predicted octanol–water partition coefficient (Wildman–Crippen LogP) is 0.909. The molecule has 6 nitrogen and oxygen atoms in total. The normalized spacial score (nSPS) is 12.3. The van der Waals surface area contributed by atoms with Gasteiger partial charge in [0, 0.05) is 5.02 Å². The molecule has 0 radical (unpaired) electrons. The maximum atomic E-state index is 12.6. The predicted molar refractivity (Wildman–Crippen MR) is 96.0 cm³/mol. The van der Waals surface area contributed by atoms with Gasteiger partial charge in [0.1, 0.15) is 11.2 Å². The van der Waals surface area contributed by atoms with Gasteiger partial charge >= 0.3 is 11.9 Å². The lowest BCUT2D eigenvalue weighted by atomic mass is 10.2. The minimum atomic E-state index is -0.595. The number of aromatic nitrogens is 1. The van der Waals surface area contributed by atoms with Crippen LogP contribution in [0.15, 0.2) is 29.1 Å². The molecule has 1 heterocycles. The molecule has 0 saturated carbocycles. The lowest BCUT2D eigenvalue weighted by Crippen LogP contribution is -2.34. The molecule has 0 aliphatic carbocycles. The number of halogens is 1. The molecule has 0 spiro atoms. The molecule has 0 fully saturated rings. The number of carbonyl (C=O) groups is 2. The summed E-state index contributed by atoms with van der Waals surface area (Å²) in [6.45, 7) is 1.59. The number of esters is 2. The molecule has 8 heteroatoms. The highest BCUT2D eigenvalue weighted by molar-refractivity contribution is 7.07. The molecule has 0 unspecified atom stereocenters. The summed E-state index contributed by atoms with van der Waals surface area (Å²) in [7, 11) is 1.23. The fourth-order valence-corrected chi connectivity index (χ4v) is 3.22. The first-order chi connectivity index (χ1) is 12.0. The smallest absolute Gasteiger partial charge is 0.333 e. The molecular formula is C17H16ClNO5S. The molecule has 0 aliphatic heterocycles. The highest BCUT2D eigenvalue weighted by Crippen LogP contribution is 2.14. The topological polar surface area (TPSA) is 74.6 Å². The number of benzene rings is 1. The Morgan fingerprint density at radius 3 is 2.68 bits per heavy atom. The van der Waals surface area contributed by atoms with Crippen molar-refractivity contribution < 1.29 is 19.1 Å². The third-order valence-electron chi connectivity index (χ3n) is 3.17. The van der Waals surface area contributed by atoms with Crippen LogP contribution in [0.4, 0.5) is 0 Å². The van der Waals surface area contributed by atoms with E-state index >= 15 is 0 Å². The van der Waals surface area contributed by atoms with E-state index in [1.54, 1.807) is 37.3 Å². The first kappa shape index (κ1) is 19.0. The average molecular weight is 382 g/mol. The average Bonchev–Trinajstić information content (AvgIpc) is 2.85. The van der Waals surface area contributed by atoms with E-state index in [1.807, 2.05) is 0 Å². The Morgan fingerprint density at radius 1 is 1.32 bits per heavy atom. The zero-order valence-corrected chi connectivity index (χ0v) is 15.2. The SMILES string of the molecule is CCOC(=O)C=c1sc(=Cc2ccccc2Cl)c(=O)n1CC(=O)OC. The highest BCUT2D eigenvalue weighted by atomic mass is 35.5. The van der Waals surface area contributed by atoms with Crippen LogP contribution in [0, 0.1) is 0 Å². The Hall–Kier alpha value is -2.38. The standard InChI is InChI=1S/C17H16ClNO5S/c1-3-24-15(20)9-14-19(10-16(21)23-2)17(22)13(25-14)8-11-6-4-5-7-12(11)18/h4-9H,3,10H2,1-2H3. The van der Waals surface area contributed by atoms with Crippen LogP contribution in [0.2, 0.25) is 5.02 Å². The van der Waals surface area contributed by atoms with E-state index in [0.717, 1.165) is 11.3 Å². The van der Waals surface area contributed by atoms with Crippen LogP contribution in [-0.4, -0.2) is 30.2 Å². The summed E-state index contributed by atoms with van der Waals surface area (Å²) in [5, 5.41) is 0.491. The van der Waals surface area contributed by atoms with Gasteiger partial charge in [-0.3, -0.25) is 14.2 Å². The molecule has 0 atom stereocenters. The van der Waals surface area contributed by atoms with Crippen molar-refractivity contribution in [3.63, 3.8) is 0 Å². The van der Waals surface area contributed by atoms with E-state index in [1.165, 1.54) is 17.8 Å². The van der Waals surface area contributed by atoms with Crippen LogP contribution >= 0.6 is 22.9 Å². The van der Waals surface area contributed by atoms with Crippen LogP contribution in [-0.2, 0) is 25.6 Å². The van der Waals surface area contributed by atoms with Gasteiger partial charge in [-0.2, -0.15) is 0 Å². The van der Waals surface area contributed by atoms with E-state index in [4.69, 9.17) is 16.3 Å². The lowest BCUT2D eigenvalue weighted by molar-refractivity contribution is -0.141. The Kier molecular flexibility index (Phi) is 6.55. The molecule has 25 heavy (non-hydrogen) atoms. The first-order valence-electron chi connectivity index (χ1n) is 7.37. The van der Waals surface area contributed by atoms with Crippen molar-refractivity contribution in [3.8, 4) is 0 Å². The molecule has 0 saturated heterocycles. The van der Waals surface area contributed by atoms with E-state index in [2.05, 4.69) is 4.74 Å². The molecular weight excluding hydrogens is 366 g/mol. The lowest BCUT2D eigenvalue weighted by Gasteiger charge is -2.00. The van der Waals surface area contributed by atoms with Crippen molar-refractivity contribution in [1.82, 2.24) is 4.57 Å². The molecule has 0 amide bonds. The van der Waals surface area contributed by atoms with E-state index < -0.39 is 17.5 Å². The molecule has 0 N–H and O–H groups in total. The maximum Gasteiger partial charge on any atom is 0.333 e. The highest BCUT2D eigenvalue weighted by Gasteiger charge is 2.11. The number of rotatable bonds is 5. The molecule has 0 bridgehead atoms. The van der Waals surface area contributed by atoms with Crippen molar-refractivity contribution >= 4 is 47.0 Å². The number of ether oxygens (including phenoxy) is 2. The molecule has 2 rings (SSSR count). The second-order valence-corrected chi connectivity index (χ2v) is 6.30. The van der Waals surface area contributed by atoms with Gasteiger partial charge in [0.25, 0.3) is 5.56 Å². The summed E-state index contributed by atoms with van der Waals surface area (Å²) < 4.78 is 11.3. The van der Waals surface area contributed by atoms with Crippen LogP contribution in [0.25, 0.3) is 12.2 Å².